The number of nitrogens with zero attached hydrogens (tertiary/aromatic N) is 2. The van der Waals surface area contributed by atoms with Crippen LogP contribution < -0.4 is 5.32 Å². The van der Waals surface area contributed by atoms with Crippen LogP contribution >= 0.6 is 0 Å². The molecule has 4 amide bonds. The van der Waals surface area contributed by atoms with Crippen molar-refractivity contribution in [1.29, 1.82) is 0 Å². The number of urea groups is 1. The number of carbonyl (C=O) groups is 3. The summed E-state index contributed by atoms with van der Waals surface area (Å²) in [6.45, 7) is 3.24. The fraction of sp³-hybridized carbons (Fsp3) is 0.471. The van der Waals surface area contributed by atoms with E-state index in [1.807, 2.05) is 31.2 Å². The van der Waals surface area contributed by atoms with Crippen molar-refractivity contribution in [2.24, 2.45) is 0 Å². The second kappa shape index (κ2) is 6.40. The Morgan fingerprint density at radius 1 is 1.26 bits per heavy atom. The summed E-state index contributed by atoms with van der Waals surface area (Å²) in [7, 11) is 0. The molecule has 1 unspecified atom stereocenters. The van der Waals surface area contributed by atoms with E-state index in [4.69, 9.17) is 0 Å². The summed E-state index contributed by atoms with van der Waals surface area (Å²) in [5.41, 5.74) is 1.99. The highest BCUT2D eigenvalue weighted by atomic mass is 16.2. The SMILES string of the molecule is Cc1cccc(C2CC(=O)N(CC(=O)N3CCCC3)C(=O)N2)c1. The van der Waals surface area contributed by atoms with E-state index in [9.17, 15) is 14.4 Å². The van der Waals surface area contributed by atoms with Gasteiger partial charge in [0.2, 0.25) is 11.8 Å². The number of rotatable bonds is 3. The smallest absolute Gasteiger partial charge is 0.325 e. The van der Waals surface area contributed by atoms with E-state index >= 15 is 0 Å². The Kier molecular flexibility index (Phi) is 4.32. The third-order valence-corrected chi connectivity index (χ3v) is 4.42. The molecule has 23 heavy (non-hydrogen) atoms. The van der Waals surface area contributed by atoms with Gasteiger partial charge in [0.05, 0.1) is 12.5 Å². The Labute approximate surface area is 135 Å². The summed E-state index contributed by atoms with van der Waals surface area (Å²) in [5, 5.41) is 2.83. The maximum Gasteiger partial charge on any atom is 0.325 e. The molecule has 2 aliphatic rings. The number of imide groups is 1. The molecular formula is C17H21N3O3. The third kappa shape index (κ3) is 3.36. The third-order valence-electron chi connectivity index (χ3n) is 4.42. The van der Waals surface area contributed by atoms with Crippen molar-refractivity contribution in [2.75, 3.05) is 19.6 Å². The number of hydrogen-bond acceptors (Lipinski definition) is 3. The molecule has 2 fully saturated rings. The summed E-state index contributed by atoms with van der Waals surface area (Å²) < 4.78 is 0. The van der Waals surface area contributed by atoms with Crippen molar-refractivity contribution in [3.8, 4) is 0 Å². The molecule has 2 saturated heterocycles. The van der Waals surface area contributed by atoms with Crippen LogP contribution in [-0.4, -0.2) is 47.3 Å². The first kappa shape index (κ1) is 15.5. The van der Waals surface area contributed by atoms with Gasteiger partial charge >= 0.3 is 6.03 Å². The lowest BCUT2D eigenvalue weighted by Gasteiger charge is -2.32. The van der Waals surface area contributed by atoms with Crippen LogP contribution in [0.15, 0.2) is 24.3 Å². The number of amides is 4. The van der Waals surface area contributed by atoms with Crippen LogP contribution in [-0.2, 0) is 9.59 Å². The minimum Gasteiger partial charge on any atom is -0.341 e. The quantitative estimate of drug-likeness (QED) is 0.921. The fourth-order valence-corrected chi connectivity index (χ4v) is 3.13. The average Bonchev–Trinajstić information content (AvgIpc) is 3.05. The average molecular weight is 315 g/mol. The van der Waals surface area contributed by atoms with Crippen LogP contribution in [0, 0.1) is 6.92 Å². The van der Waals surface area contributed by atoms with Crippen molar-refractivity contribution in [3.05, 3.63) is 35.4 Å². The van der Waals surface area contributed by atoms with Crippen molar-refractivity contribution < 1.29 is 14.4 Å². The van der Waals surface area contributed by atoms with Gasteiger partial charge in [-0.15, -0.1) is 0 Å². The molecule has 0 bridgehead atoms. The fourth-order valence-electron chi connectivity index (χ4n) is 3.13. The number of hydrogen-bond donors (Lipinski definition) is 1. The molecule has 0 radical (unpaired) electrons. The molecule has 1 aromatic carbocycles. The molecule has 1 N–H and O–H groups in total. The molecule has 0 aliphatic carbocycles. The molecule has 3 rings (SSSR count). The summed E-state index contributed by atoms with van der Waals surface area (Å²) in [4.78, 5) is 39.5. The first-order valence-corrected chi connectivity index (χ1v) is 8.00. The van der Waals surface area contributed by atoms with E-state index in [0.717, 1.165) is 28.9 Å². The van der Waals surface area contributed by atoms with Crippen LogP contribution in [0.4, 0.5) is 4.79 Å². The Bertz CT molecular complexity index is 620. The Morgan fingerprint density at radius 2 is 2.00 bits per heavy atom. The van der Waals surface area contributed by atoms with Crippen LogP contribution in [0.5, 0.6) is 0 Å². The van der Waals surface area contributed by atoms with Gasteiger partial charge in [-0.1, -0.05) is 29.8 Å². The van der Waals surface area contributed by atoms with Gasteiger partial charge in [-0.05, 0) is 25.3 Å². The molecule has 6 nitrogen and oxygen atoms in total. The number of likely N-dealkylation sites (tertiary alicyclic amines) is 1. The first-order chi connectivity index (χ1) is 11.0. The molecule has 1 atom stereocenters. The molecule has 0 saturated carbocycles. The Hall–Kier alpha value is -2.37. The number of carbonyl (C=O) groups excluding carboxylic acids is 3. The molecule has 122 valence electrons. The summed E-state index contributed by atoms with van der Waals surface area (Å²) >= 11 is 0. The van der Waals surface area contributed by atoms with Crippen molar-refractivity contribution in [2.45, 2.75) is 32.2 Å². The molecule has 6 heteroatoms. The zero-order valence-corrected chi connectivity index (χ0v) is 13.2. The predicted molar refractivity (Wildman–Crippen MR) is 84.6 cm³/mol. The summed E-state index contributed by atoms with van der Waals surface area (Å²) in [6.07, 6.45) is 2.16. The Morgan fingerprint density at radius 3 is 2.65 bits per heavy atom. The Balaban J connectivity index is 1.66. The number of aryl methyl sites for hydroxylation is 1. The largest absolute Gasteiger partial charge is 0.341 e. The molecule has 2 heterocycles. The topological polar surface area (TPSA) is 69.7 Å². The van der Waals surface area contributed by atoms with Gasteiger partial charge in [0.25, 0.3) is 0 Å². The summed E-state index contributed by atoms with van der Waals surface area (Å²) in [5.74, 6) is -0.451. The van der Waals surface area contributed by atoms with E-state index in [2.05, 4.69) is 5.32 Å². The van der Waals surface area contributed by atoms with E-state index in [1.165, 1.54) is 0 Å². The van der Waals surface area contributed by atoms with Gasteiger partial charge in [0.15, 0.2) is 0 Å². The molecular weight excluding hydrogens is 294 g/mol. The zero-order chi connectivity index (χ0) is 16.4. The van der Waals surface area contributed by atoms with Gasteiger partial charge in [-0.25, -0.2) is 4.79 Å². The highest BCUT2D eigenvalue weighted by Gasteiger charge is 2.35. The van der Waals surface area contributed by atoms with E-state index in [0.29, 0.717) is 13.1 Å². The van der Waals surface area contributed by atoms with Gasteiger partial charge < -0.3 is 10.2 Å². The first-order valence-electron chi connectivity index (χ1n) is 8.00. The van der Waals surface area contributed by atoms with Crippen LogP contribution in [0.2, 0.25) is 0 Å². The van der Waals surface area contributed by atoms with E-state index in [-0.39, 0.29) is 30.8 Å². The molecule has 2 aliphatic heterocycles. The minimum atomic E-state index is -0.486. The monoisotopic (exact) mass is 315 g/mol. The lowest BCUT2D eigenvalue weighted by atomic mass is 9.99. The second-order valence-electron chi connectivity index (χ2n) is 6.19. The van der Waals surface area contributed by atoms with Gasteiger partial charge in [-0.3, -0.25) is 14.5 Å². The van der Waals surface area contributed by atoms with Crippen LogP contribution in [0.1, 0.15) is 36.4 Å². The number of benzene rings is 1. The minimum absolute atomic E-state index is 0.153. The molecule has 0 spiro atoms. The van der Waals surface area contributed by atoms with Gasteiger partial charge in [-0.2, -0.15) is 0 Å². The lowest BCUT2D eigenvalue weighted by Crippen LogP contribution is -2.54. The zero-order valence-electron chi connectivity index (χ0n) is 13.2. The van der Waals surface area contributed by atoms with Crippen molar-refractivity contribution in [1.82, 2.24) is 15.1 Å². The van der Waals surface area contributed by atoms with Gasteiger partial charge in [0, 0.05) is 13.1 Å². The maximum absolute atomic E-state index is 12.3. The lowest BCUT2D eigenvalue weighted by molar-refractivity contribution is -0.138. The number of nitrogens with one attached hydrogen (secondary N) is 1. The maximum atomic E-state index is 12.3. The van der Waals surface area contributed by atoms with Crippen molar-refractivity contribution in [3.63, 3.8) is 0 Å². The molecule has 0 aromatic heterocycles. The van der Waals surface area contributed by atoms with Crippen LogP contribution in [0.3, 0.4) is 0 Å². The normalized spacial score (nSPS) is 21.5. The molecule has 1 aromatic rings. The summed E-state index contributed by atoms with van der Waals surface area (Å²) in [6, 6.07) is 6.93. The highest BCUT2D eigenvalue weighted by Crippen LogP contribution is 2.23. The highest BCUT2D eigenvalue weighted by molar-refractivity contribution is 6.00. The predicted octanol–water partition coefficient (Wildman–Crippen LogP) is 1.60. The second-order valence-corrected chi connectivity index (χ2v) is 6.19. The van der Waals surface area contributed by atoms with Gasteiger partial charge in [0.1, 0.15) is 6.54 Å². The standard InChI is InChI=1S/C17H21N3O3/c1-12-5-4-6-13(9-12)14-10-15(21)20(17(23)18-14)11-16(22)19-7-2-3-8-19/h4-6,9,14H,2-3,7-8,10-11H2,1H3,(H,18,23). The van der Waals surface area contributed by atoms with Crippen LogP contribution in [0.25, 0.3) is 0 Å². The van der Waals surface area contributed by atoms with E-state index < -0.39 is 6.03 Å². The van der Waals surface area contributed by atoms with E-state index in [1.54, 1.807) is 4.90 Å². The van der Waals surface area contributed by atoms with Crippen molar-refractivity contribution >= 4 is 17.8 Å².